The zero-order chi connectivity index (χ0) is 20.3. The topological polar surface area (TPSA) is 138 Å². The normalized spacial score (nSPS) is 12.4. The number of phenols is 1. The molecular formula is C20H19N3O5. The van der Waals surface area contributed by atoms with Crippen molar-refractivity contribution >= 4 is 28.8 Å². The third-order valence-corrected chi connectivity index (χ3v) is 4.21. The number of aryl methyl sites for hydroxylation is 1. The molecule has 0 saturated heterocycles. The lowest BCUT2D eigenvalue weighted by molar-refractivity contribution is -0.138. The molecule has 144 valence electrons. The first-order chi connectivity index (χ1) is 13.3. The van der Waals surface area contributed by atoms with Crippen molar-refractivity contribution in [1.29, 1.82) is 0 Å². The molecule has 0 radical (unpaired) electrons. The van der Waals surface area contributed by atoms with Crippen molar-refractivity contribution in [3.05, 3.63) is 69.6 Å². The smallest absolute Gasteiger partial charge is 0.336 e. The van der Waals surface area contributed by atoms with E-state index < -0.39 is 17.6 Å². The Morgan fingerprint density at radius 2 is 2.07 bits per heavy atom. The van der Waals surface area contributed by atoms with E-state index in [-0.39, 0.29) is 12.2 Å². The van der Waals surface area contributed by atoms with Crippen LogP contribution in [0.25, 0.3) is 11.0 Å². The van der Waals surface area contributed by atoms with Gasteiger partial charge in [-0.05, 0) is 48.7 Å². The molecule has 8 heteroatoms. The van der Waals surface area contributed by atoms with Crippen molar-refractivity contribution < 1.29 is 19.4 Å². The molecule has 0 aliphatic heterocycles. The summed E-state index contributed by atoms with van der Waals surface area (Å²) >= 11 is 0. The third-order valence-electron chi connectivity index (χ3n) is 4.21. The minimum absolute atomic E-state index is 0.00155. The highest BCUT2D eigenvalue weighted by Gasteiger charge is 2.13. The maximum atomic E-state index is 11.5. The van der Waals surface area contributed by atoms with E-state index in [1.807, 2.05) is 13.0 Å². The predicted molar refractivity (Wildman–Crippen MR) is 106 cm³/mol. The Balaban J connectivity index is 1.78. The van der Waals surface area contributed by atoms with Crippen LogP contribution in [0.3, 0.4) is 0 Å². The summed E-state index contributed by atoms with van der Waals surface area (Å²) in [5.41, 5.74) is 10.9. The largest absolute Gasteiger partial charge is 0.507 e. The fraction of sp³-hybridized carbons (Fsp3) is 0.150. The molecular weight excluding hydrogens is 362 g/mol. The van der Waals surface area contributed by atoms with Gasteiger partial charge in [0.1, 0.15) is 17.4 Å². The number of carboxylic acid groups (broad SMARTS) is 1. The van der Waals surface area contributed by atoms with Crippen LogP contribution in [0.1, 0.15) is 16.7 Å². The second kappa shape index (κ2) is 7.93. The monoisotopic (exact) mass is 381 g/mol. The Kier molecular flexibility index (Phi) is 5.42. The van der Waals surface area contributed by atoms with Gasteiger partial charge in [-0.1, -0.05) is 6.07 Å². The number of fused-ring (bicyclic) bond motifs is 1. The van der Waals surface area contributed by atoms with E-state index in [0.717, 1.165) is 10.9 Å². The Morgan fingerprint density at radius 1 is 1.29 bits per heavy atom. The van der Waals surface area contributed by atoms with Gasteiger partial charge < -0.3 is 20.4 Å². The van der Waals surface area contributed by atoms with Gasteiger partial charge in [0.05, 0.1) is 11.9 Å². The number of carbonyl (C=O) groups is 1. The molecule has 0 aliphatic rings. The Hall–Kier alpha value is -3.65. The third kappa shape index (κ3) is 4.36. The van der Waals surface area contributed by atoms with Crippen LogP contribution in [-0.2, 0) is 11.2 Å². The lowest BCUT2D eigenvalue weighted by Gasteiger charge is -2.08. The maximum absolute atomic E-state index is 11.5. The second-order valence-corrected chi connectivity index (χ2v) is 6.37. The number of phenolic OH excluding ortho intramolecular Hbond substituents is 1. The summed E-state index contributed by atoms with van der Waals surface area (Å²) in [6.07, 6.45) is 1.54. The van der Waals surface area contributed by atoms with Gasteiger partial charge in [-0.15, -0.1) is 0 Å². The SMILES string of the molecule is Cc1cc(=O)oc2cc(N/N=C/c3cc(CC(N)C(=O)O)ccc3O)ccc12. The molecule has 0 saturated carbocycles. The number of nitrogens with one attached hydrogen (secondary N) is 1. The molecule has 3 aromatic rings. The lowest BCUT2D eigenvalue weighted by atomic mass is 10.0. The number of benzene rings is 2. The number of hydrazone groups is 1. The molecule has 28 heavy (non-hydrogen) atoms. The molecule has 3 rings (SSSR count). The minimum Gasteiger partial charge on any atom is -0.507 e. The molecule has 1 unspecified atom stereocenters. The van der Waals surface area contributed by atoms with Gasteiger partial charge in [-0.25, -0.2) is 4.79 Å². The fourth-order valence-corrected chi connectivity index (χ4v) is 2.75. The number of nitrogens with two attached hydrogens (primary N) is 1. The highest BCUT2D eigenvalue weighted by Crippen LogP contribution is 2.21. The molecule has 0 bridgehead atoms. The molecule has 2 aromatic carbocycles. The highest BCUT2D eigenvalue weighted by atomic mass is 16.4. The fourth-order valence-electron chi connectivity index (χ4n) is 2.75. The molecule has 0 fully saturated rings. The van der Waals surface area contributed by atoms with Crippen LogP contribution in [0.2, 0.25) is 0 Å². The lowest BCUT2D eigenvalue weighted by Crippen LogP contribution is -2.32. The summed E-state index contributed by atoms with van der Waals surface area (Å²) in [6.45, 7) is 1.83. The summed E-state index contributed by atoms with van der Waals surface area (Å²) < 4.78 is 5.19. The number of aliphatic carboxylic acids is 1. The predicted octanol–water partition coefficient (Wildman–Crippen LogP) is 2.21. The Morgan fingerprint density at radius 3 is 2.82 bits per heavy atom. The van der Waals surface area contributed by atoms with E-state index in [0.29, 0.717) is 22.4 Å². The summed E-state index contributed by atoms with van der Waals surface area (Å²) in [7, 11) is 0. The number of hydrogen-bond donors (Lipinski definition) is 4. The van der Waals surface area contributed by atoms with Gasteiger partial charge in [0.25, 0.3) is 0 Å². The van der Waals surface area contributed by atoms with Crippen LogP contribution in [0.5, 0.6) is 5.75 Å². The molecule has 8 nitrogen and oxygen atoms in total. The molecule has 0 aliphatic carbocycles. The first-order valence-corrected chi connectivity index (χ1v) is 8.47. The minimum atomic E-state index is -1.09. The van der Waals surface area contributed by atoms with Gasteiger partial charge in [0.15, 0.2) is 0 Å². The molecule has 1 heterocycles. The zero-order valence-corrected chi connectivity index (χ0v) is 15.0. The summed E-state index contributed by atoms with van der Waals surface area (Å²) in [4.78, 5) is 22.4. The molecule has 1 aromatic heterocycles. The second-order valence-electron chi connectivity index (χ2n) is 6.37. The number of carboxylic acids is 1. The van der Waals surface area contributed by atoms with E-state index in [2.05, 4.69) is 10.5 Å². The van der Waals surface area contributed by atoms with Crippen LogP contribution in [0.4, 0.5) is 5.69 Å². The first kappa shape index (κ1) is 19.1. The molecule has 0 spiro atoms. The Labute approximate surface area is 159 Å². The van der Waals surface area contributed by atoms with Gasteiger partial charge in [-0.3, -0.25) is 10.2 Å². The van der Waals surface area contributed by atoms with Gasteiger partial charge >= 0.3 is 11.6 Å². The van der Waals surface area contributed by atoms with E-state index in [9.17, 15) is 14.7 Å². The van der Waals surface area contributed by atoms with Crippen molar-refractivity contribution in [2.45, 2.75) is 19.4 Å². The van der Waals surface area contributed by atoms with Crippen LogP contribution >= 0.6 is 0 Å². The number of nitrogens with zero attached hydrogens (tertiary/aromatic N) is 1. The number of rotatable bonds is 6. The van der Waals surface area contributed by atoms with Gasteiger partial charge in [0.2, 0.25) is 0 Å². The highest BCUT2D eigenvalue weighted by molar-refractivity contribution is 5.86. The summed E-state index contributed by atoms with van der Waals surface area (Å²) in [6, 6.07) is 10.3. The molecule has 5 N–H and O–H groups in total. The van der Waals surface area contributed by atoms with Gasteiger partial charge in [0, 0.05) is 23.1 Å². The average Bonchev–Trinajstić information content (AvgIpc) is 2.63. The van der Waals surface area contributed by atoms with E-state index in [1.54, 1.807) is 24.3 Å². The number of anilines is 1. The standard InChI is InChI=1S/C20H19N3O5/c1-11-6-19(25)28-18-9-14(3-4-15(11)18)23-22-10-13-7-12(2-5-17(13)24)8-16(21)20(26)27/h2-7,9-10,16,23-24H,8,21H2,1H3,(H,26,27)/b22-10+. The van der Waals surface area contributed by atoms with Crippen molar-refractivity contribution in [2.24, 2.45) is 10.8 Å². The van der Waals surface area contributed by atoms with Crippen LogP contribution in [0, 0.1) is 6.92 Å². The number of aromatic hydroxyl groups is 1. The van der Waals surface area contributed by atoms with E-state index >= 15 is 0 Å². The van der Waals surface area contributed by atoms with Crippen LogP contribution in [0.15, 0.2) is 56.8 Å². The van der Waals surface area contributed by atoms with Gasteiger partial charge in [-0.2, -0.15) is 5.10 Å². The van der Waals surface area contributed by atoms with Crippen molar-refractivity contribution in [3.8, 4) is 5.75 Å². The molecule has 0 amide bonds. The quantitative estimate of drug-likeness (QED) is 0.292. The first-order valence-electron chi connectivity index (χ1n) is 8.47. The van der Waals surface area contributed by atoms with E-state index in [1.165, 1.54) is 18.3 Å². The number of hydrogen-bond acceptors (Lipinski definition) is 7. The average molecular weight is 381 g/mol. The zero-order valence-electron chi connectivity index (χ0n) is 15.0. The van der Waals surface area contributed by atoms with Crippen molar-refractivity contribution in [3.63, 3.8) is 0 Å². The molecule has 1 atom stereocenters. The maximum Gasteiger partial charge on any atom is 0.336 e. The van der Waals surface area contributed by atoms with Crippen molar-refractivity contribution in [1.82, 2.24) is 0 Å². The van der Waals surface area contributed by atoms with E-state index in [4.69, 9.17) is 15.3 Å². The van der Waals surface area contributed by atoms with Crippen molar-refractivity contribution in [2.75, 3.05) is 5.43 Å². The summed E-state index contributed by atoms with van der Waals surface area (Å²) in [5.74, 6) is -1.10. The van der Waals surface area contributed by atoms with Crippen LogP contribution < -0.4 is 16.8 Å². The van der Waals surface area contributed by atoms with Crippen LogP contribution in [-0.4, -0.2) is 28.4 Å². The summed E-state index contributed by atoms with van der Waals surface area (Å²) in [5, 5.41) is 23.8. The Bertz CT molecular complexity index is 1120.